The zero-order chi connectivity index (χ0) is 20.8. The molecule has 1 saturated carbocycles. The largest absolute Gasteiger partial charge is 0.349 e. The number of fused-ring (bicyclic) bond motifs is 2. The van der Waals surface area contributed by atoms with E-state index in [0.717, 1.165) is 24.1 Å². The monoisotopic (exact) mass is 404 g/mol. The standard InChI is InChI=1S/C21H24N8O/c1-12-10-22-21(23-11-12)27-16-8-15-9-18(16)28(14(15)3)20(30)19-17(5-4-13(2)26-19)29-24-6-7-25-29/h4-7,10-11,14-16,18H,8-9H2,1-3H3,(H,22,23,27). The van der Waals surface area contributed by atoms with Gasteiger partial charge in [-0.3, -0.25) is 4.79 Å². The summed E-state index contributed by atoms with van der Waals surface area (Å²) in [6.45, 7) is 5.98. The van der Waals surface area contributed by atoms with E-state index in [1.807, 2.05) is 30.9 Å². The highest BCUT2D eigenvalue weighted by atomic mass is 16.2. The lowest BCUT2D eigenvalue weighted by atomic mass is 9.97. The number of likely N-dealkylation sites (tertiary alicyclic amines) is 1. The number of carbonyl (C=O) groups is 1. The highest BCUT2D eigenvalue weighted by Crippen LogP contribution is 2.44. The van der Waals surface area contributed by atoms with E-state index in [0.29, 0.717) is 23.2 Å². The van der Waals surface area contributed by atoms with Crippen LogP contribution in [0.1, 0.15) is 41.5 Å². The Morgan fingerprint density at radius 2 is 1.83 bits per heavy atom. The molecule has 3 aromatic heterocycles. The lowest BCUT2D eigenvalue weighted by Gasteiger charge is -2.38. The third-order valence-electron chi connectivity index (χ3n) is 6.22. The molecular formula is C21H24N8O. The van der Waals surface area contributed by atoms with Gasteiger partial charge in [0.1, 0.15) is 5.69 Å². The average molecular weight is 404 g/mol. The summed E-state index contributed by atoms with van der Waals surface area (Å²) >= 11 is 0. The predicted molar refractivity (Wildman–Crippen MR) is 110 cm³/mol. The Kier molecular flexibility index (Phi) is 4.45. The van der Waals surface area contributed by atoms with Crippen LogP contribution in [0.3, 0.4) is 0 Å². The van der Waals surface area contributed by atoms with Gasteiger partial charge >= 0.3 is 0 Å². The molecule has 3 aromatic rings. The lowest BCUT2D eigenvalue weighted by molar-refractivity contribution is 0.0591. The van der Waals surface area contributed by atoms with Crippen molar-refractivity contribution < 1.29 is 4.79 Å². The molecule has 0 spiro atoms. The van der Waals surface area contributed by atoms with Gasteiger partial charge < -0.3 is 10.2 Å². The van der Waals surface area contributed by atoms with Crippen molar-refractivity contribution in [3.63, 3.8) is 0 Å². The van der Waals surface area contributed by atoms with Gasteiger partial charge in [0.15, 0.2) is 5.69 Å². The molecule has 4 atom stereocenters. The molecule has 9 nitrogen and oxygen atoms in total. The molecule has 0 radical (unpaired) electrons. The number of anilines is 1. The van der Waals surface area contributed by atoms with Crippen molar-refractivity contribution in [3.05, 3.63) is 53.9 Å². The summed E-state index contributed by atoms with van der Waals surface area (Å²) in [5, 5.41) is 11.8. The number of nitrogens with zero attached hydrogens (tertiary/aromatic N) is 7. The molecule has 154 valence electrons. The number of pyridine rings is 1. The van der Waals surface area contributed by atoms with Gasteiger partial charge in [-0.1, -0.05) is 0 Å². The Morgan fingerprint density at radius 1 is 1.10 bits per heavy atom. The zero-order valence-corrected chi connectivity index (χ0v) is 17.2. The van der Waals surface area contributed by atoms with Gasteiger partial charge in [-0.25, -0.2) is 15.0 Å². The first-order valence-electron chi connectivity index (χ1n) is 10.2. The molecule has 1 aliphatic heterocycles. The van der Waals surface area contributed by atoms with Crippen LogP contribution < -0.4 is 5.32 Å². The Labute approximate surface area is 174 Å². The molecule has 2 aliphatic rings. The van der Waals surface area contributed by atoms with E-state index in [1.54, 1.807) is 24.8 Å². The molecular weight excluding hydrogens is 380 g/mol. The van der Waals surface area contributed by atoms with Crippen molar-refractivity contribution in [2.75, 3.05) is 5.32 Å². The number of piperidine rings is 1. The fraction of sp³-hybridized carbons (Fsp3) is 0.429. The maximum Gasteiger partial charge on any atom is 0.275 e. The van der Waals surface area contributed by atoms with E-state index < -0.39 is 0 Å². The molecule has 1 aliphatic carbocycles. The van der Waals surface area contributed by atoms with Crippen LogP contribution in [-0.2, 0) is 0 Å². The van der Waals surface area contributed by atoms with Gasteiger partial charge in [-0.15, -0.1) is 4.80 Å². The Balaban J connectivity index is 1.45. The topological polar surface area (TPSA) is 102 Å². The summed E-state index contributed by atoms with van der Waals surface area (Å²) in [6.07, 6.45) is 8.76. The van der Waals surface area contributed by atoms with Gasteiger partial charge in [-0.2, -0.15) is 10.2 Å². The first kappa shape index (κ1) is 18.7. The van der Waals surface area contributed by atoms with Gasteiger partial charge in [-0.05, 0) is 57.2 Å². The number of aromatic nitrogens is 6. The van der Waals surface area contributed by atoms with Gasteiger partial charge in [0.05, 0.1) is 18.4 Å². The van der Waals surface area contributed by atoms with E-state index in [-0.39, 0.29) is 24.0 Å². The predicted octanol–water partition coefficient (Wildman–Crippen LogP) is 2.17. The fourth-order valence-corrected chi connectivity index (χ4v) is 4.74. The summed E-state index contributed by atoms with van der Waals surface area (Å²) in [6, 6.07) is 4.07. The normalized spacial score (nSPS) is 25.0. The summed E-state index contributed by atoms with van der Waals surface area (Å²) in [4.78, 5) is 30.4. The Bertz CT molecular complexity index is 1070. The van der Waals surface area contributed by atoms with Crippen molar-refractivity contribution >= 4 is 11.9 Å². The minimum Gasteiger partial charge on any atom is -0.349 e. The van der Waals surface area contributed by atoms with Gasteiger partial charge in [0.2, 0.25) is 5.95 Å². The van der Waals surface area contributed by atoms with Crippen molar-refractivity contribution in [2.45, 2.75) is 51.7 Å². The molecule has 1 saturated heterocycles. The van der Waals surface area contributed by atoms with Crippen molar-refractivity contribution in [1.82, 2.24) is 34.8 Å². The second-order valence-electron chi connectivity index (χ2n) is 8.23. The van der Waals surface area contributed by atoms with Crippen LogP contribution in [0.15, 0.2) is 36.9 Å². The highest BCUT2D eigenvalue weighted by Gasteiger charge is 2.52. The van der Waals surface area contributed by atoms with Crippen LogP contribution in [0.4, 0.5) is 5.95 Å². The third kappa shape index (κ3) is 3.10. The fourth-order valence-electron chi connectivity index (χ4n) is 4.74. The zero-order valence-electron chi connectivity index (χ0n) is 17.2. The number of hydrogen-bond donors (Lipinski definition) is 1. The van der Waals surface area contributed by atoms with Crippen LogP contribution in [0.5, 0.6) is 0 Å². The number of nitrogens with one attached hydrogen (secondary N) is 1. The molecule has 2 bridgehead atoms. The van der Waals surface area contributed by atoms with Crippen molar-refractivity contribution in [1.29, 1.82) is 0 Å². The molecule has 1 N–H and O–H groups in total. The first-order valence-corrected chi connectivity index (χ1v) is 10.2. The number of carbonyl (C=O) groups excluding carboxylic acids is 1. The minimum absolute atomic E-state index is 0.0724. The van der Waals surface area contributed by atoms with E-state index in [2.05, 4.69) is 37.4 Å². The van der Waals surface area contributed by atoms with E-state index >= 15 is 0 Å². The number of amides is 1. The molecule has 5 rings (SSSR count). The molecule has 2 fully saturated rings. The number of rotatable bonds is 4. The lowest BCUT2D eigenvalue weighted by Crippen LogP contribution is -2.52. The molecule has 9 heteroatoms. The van der Waals surface area contributed by atoms with E-state index in [1.165, 1.54) is 4.80 Å². The summed E-state index contributed by atoms with van der Waals surface area (Å²) in [7, 11) is 0. The Morgan fingerprint density at radius 3 is 2.53 bits per heavy atom. The van der Waals surface area contributed by atoms with Crippen LogP contribution in [0.25, 0.3) is 5.69 Å². The summed E-state index contributed by atoms with van der Waals surface area (Å²) < 4.78 is 0. The Hall–Kier alpha value is -3.36. The van der Waals surface area contributed by atoms with Crippen LogP contribution >= 0.6 is 0 Å². The maximum atomic E-state index is 13.7. The maximum absolute atomic E-state index is 13.7. The van der Waals surface area contributed by atoms with Gasteiger partial charge in [0.25, 0.3) is 5.91 Å². The van der Waals surface area contributed by atoms with E-state index in [9.17, 15) is 4.79 Å². The average Bonchev–Trinajstić information content (AvgIpc) is 3.46. The third-order valence-corrected chi connectivity index (χ3v) is 6.22. The van der Waals surface area contributed by atoms with Crippen molar-refractivity contribution in [2.24, 2.45) is 5.92 Å². The van der Waals surface area contributed by atoms with Crippen molar-refractivity contribution in [3.8, 4) is 5.69 Å². The molecule has 4 heterocycles. The number of hydrogen-bond acceptors (Lipinski definition) is 7. The van der Waals surface area contributed by atoms with E-state index in [4.69, 9.17) is 0 Å². The number of aryl methyl sites for hydroxylation is 2. The second-order valence-corrected chi connectivity index (χ2v) is 8.23. The molecule has 4 unspecified atom stereocenters. The smallest absolute Gasteiger partial charge is 0.275 e. The summed E-state index contributed by atoms with van der Waals surface area (Å²) in [5.74, 6) is 0.966. The van der Waals surface area contributed by atoms with Crippen LogP contribution in [0, 0.1) is 19.8 Å². The first-order chi connectivity index (χ1) is 14.5. The minimum atomic E-state index is -0.0812. The van der Waals surface area contributed by atoms with Crippen LogP contribution in [0.2, 0.25) is 0 Å². The highest BCUT2D eigenvalue weighted by molar-refractivity contribution is 5.96. The van der Waals surface area contributed by atoms with Crippen LogP contribution in [-0.4, -0.2) is 58.9 Å². The SMILES string of the molecule is Cc1cnc(NC2CC3CC2N(C(=O)c2nc(C)ccc2-n2nccn2)C3C)nc1. The van der Waals surface area contributed by atoms with Gasteiger partial charge in [0, 0.05) is 30.2 Å². The summed E-state index contributed by atoms with van der Waals surface area (Å²) in [5.41, 5.74) is 2.78. The quantitative estimate of drug-likeness (QED) is 0.711. The molecule has 30 heavy (non-hydrogen) atoms. The molecule has 0 aromatic carbocycles. The molecule has 1 amide bonds. The second kappa shape index (κ2) is 7.16.